The first-order valence-electron chi connectivity index (χ1n) is 7.82. The molecular formula is C19H19F2N. The van der Waals surface area contributed by atoms with Crippen LogP contribution in [0.25, 0.3) is 0 Å². The second-order valence-corrected chi connectivity index (χ2v) is 5.78. The summed E-state index contributed by atoms with van der Waals surface area (Å²) in [7, 11) is 0. The van der Waals surface area contributed by atoms with Crippen LogP contribution in [-0.2, 0) is 0 Å². The Hall–Kier alpha value is -2.03. The quantitative estimate of drug-likeness (QED) is 0.696. The second kappa shape index (κ2) is 6.82. The summed E-state index contributed by atoms with van der Waals surface area (Å²) in [5.41, 5.74) is 2.57. The van der Waals surface area contributed by atoms with E-state index in [1.807, 2.05) is 0 Å². The van der Waals surface area contributed by atoms with Crippen LogP contribution < -0.4 is 0 Å². The minimum atomic E-state index is -0.264. The van der Waals surface area contributed by atoms with Crippen molar-refractivity contribution in [3.63, 3.8) is 0 Å². The molecule has 2 aromatic rings. The molecule has 0 N–H and O–H groups in total. The van der Waals surface area contributed by atoms with E-state index < -0.39 is 0 Å². The SMILES string of the molecule is Fc1ccc(C(=NC2CCCCC2)c2ccc(F)cc2)cc1. The third kappa shape index (κ3) is 3.59. The molecular weight excluding hydrogens is 280 g/mol. The Labute approximate surface area is 129 Å². The Bertz CT molecular complexity index is 591. The highest BCUT2D eigenvalue weighted by Gasteiger charge is 2.15. The molecule has 0 amide bonds. The van der Waals surface area contributed by atoms with Gasteiger partial charge in [0.05, 0.1) is 11.8 Å². The molecule has 0 atom stereocenters. The van der Waals surface area contributed by atoms with Crippen LogP contribution in [0.3, 0.4) is 0 Å². The van der Waals surface area contributed by atoms with E-state index in [1.165, 1.54) is 43.5 Å². The van der Waals surface area contributed by atoms with E-state index in [0.717, 1.165) is 29.7 Å². The van der Waals surface area contributed by atoms with Crippen LogP contribution in [0.15, 0.2) is 53.5 Å². The molecule has 0 heterocycles. The molecule has 0 saturated heterocycles. The minimum Gasteiger partial charge on any atom is -0.281 e. The van der Waals surface area contributed by atoms with E-state index in [1.54, 1.807) is 24.3 Å². The van der Waals surface area contributed by atoms with E-state index in [2.05, 4.69) is 0 Å². The van der Waals surface area contributed by atoms with Crippen LogP contribution in [-0.4, -0.2) is 11.8 Å². The standard InChI is InChI=1S/C19H19F2N/c20-16-10-6-14(7-11-16)19(15-8-12-17(21)13-9-15)22-18-4-2-1-3-5-18/h6-13,18H,1-5H2. The molecule has 22 heavy (non-hydrogen) atoms. The third-order valence-corrected chi connectivity index (χ3v) is 4.12. The molecule has 0 aromatic heterocycles. The van der Waals surface area contributed by atoms with Gasteiger partial charge in [-0.3, -0.25) is 4.99 Å². The lowest BCUT2D eigenvalue weighted by Crippen LogP contribution is -2.14. The summed E-state index contributed by atoms with van der Waals surface area (Å²) in [5, 5.41) is 0. The first-order chi connectivity index (χ1) is 10.7. The van der Waals surface area contributed by atoms with Crippen molar-refractivity contribution in [2.75, 3.05) is 0 Å². The highest BCUT2D eigenvalue weighted by atomic mass is 19.1. The molecule has 3 heteroatoms. The lowest BCUT2D eigenvalue weighted by molar-refractivity contribution is 0.443. The third-order valence-electron chi connectivity index (χ3n) is 4.12. The maximum Gasteiger partial charge on any atom is 0.123 e. The van der Waals surface area contributed by atoms with Gasteiger partial charge >= 0.3 is 0 Å². The summed E-state index contributed by atoms with van der Waals surface area (Å²) in [4.78, 5) is 4.91. The lowest BCUT2D eigenvalue weighted by atomic mass is 9.94. The minimum absolute atomic E-state index is 0.264. The first-order valence-corrected chi connectivity index (χ1v) is 7.82. The van der Waals surface area contributed by atoms with Crippen LogP contribution in [0.5, 0.6) is 0 Å². The zero-order chi connectivity index (χ0) is 15.4. The predicted octanol–water partition coefficient (Wildman–Crippen LogP) is 5.13. The molecule has 1 saturated carbocycles. The number of hydrogen-bond donors (Lipinski definition) is 0. The van der Waals surface area contributed by atoms with Gasteiger partial charge in [0.25, 0.3) is 0 Å². The number of benzene rings is 2. The van der Waals surface area contributed by atoms with Crippen LogP contribution in [0.2, 0.25) is 0 Å². The van der Waals surface area contributed by atoms with Gasteiger partial charge in [0, 0.05) is 11.1 Å². The lowest BCUT2D eigenvalue weighted by Gasteiger charge is -2.20. The number of rotatable bonds is 3. The molecule has 3 rings (SSSR count). The zero-order valence-electron chi connectivity index (χ0n) is 12.4. The molecule has 1 aliphatic rings. The smallest absolute Gasteiger partial charge is 0.123 e. The van der Waals surface area contributed by atoms with E-state index in [-0.39, 0.29) is 11.6 Å². The fourth-order valence-corrected chi connectivity index (χ4v) is 2.92. The van der Waals surface area contributed by atoms with E-state index in [4.69, 9.17) is 4.99 Å². The van der Waals surface area contributed by atoms with Crippen molar-refractivity contribution in [2.24, 2.45) is 4.99 Å². The average Bonchev–Trinajstić information content (AvgIpc) is 2.56. The van der Waals surface area contributed by atoms with Gasteiger partial charge in [-0.25, -0.2) is 8.78 Å². The van der Waals surface area contributed by atoms with Gasteiger partial charge in [0.1, 0.15) is 11.6 Å². The fourth-order valence-electron chi connectivity index (χ4n) is 2.92. The van der Waals surface area contributed by atoms with Crippen molar-refractivity contribution in [1.29, 1.82) is 0 Å². The van der Waals surface area contributed by atoms with Crippen molar-refractivity contribution in [1.82, 2.24) is 0 Å². The van der Waals surface area contributed by atoms with Crippen LogP contribution in [0, 0.1) is 11.6 Å². The van der Waals surface area contributed by atoms with Gasteiger partial charge in [-0.15, -0.1) is 0 Å². The molecule has 0 unspecified atom stereocenters. The molecule has 0 bridgehead atoms. The Morgan fingerprint density at radius 3 is 1.64 bits per heavy atom. The summed E-state index contributed by atoms with van der Waals surface area (Å²) in [6.45, 7) is 0. The predicted molar refractivity (Wildman–Crippen MR) is 85.3 cm³/mol. The van der Waals surface area contributed by atoms with E-state index >= 15 is 0 Å². The average molecular weight is 299 g/mol. The van der Waals surface area contributed by atoms with Crippen LogP contribution in [0.1, 0.15) is 43.2 Å². The fraction of sp³-hybridized carbons (Fsp3) is 0.316. The molecule has 1 fully saturated rings. The molecule has 1 aliphatic carbocycles. The normalized spacial score (nSPS) is 15.5. The van der Waals surface area contributed by atoms with Crippen LogP contribution >= 0.6 is 0 Å². The summed E-state index contributed by atoms with van der Waals surface area (Å²) in [5.74, 6) is -0.528. The molecule has 0 spiro atoms. The summed E-state index contributed by atoms with van der Waals surface area (Å²) in [6.07, 6.45) is 5.86. The molecule has 0 aliphatic heterocycles. The van der Waals surface area contributed by atoms with E-state index in [0.29, 0.717) is 6.04 Å². The molecule has 0 radical (unpaired) electrons. The Kier molecular flexibility index (Phi) is 4.62. The zero-order valence-corrected chi connectivity index (χ0v) is 12.4. The van der Waals surface area contributed by atoms with Crippen molar-refractivity contribution >= 4 is 5.71 Å². The van der Waals surface area contributed by atoms with E-state index in [9.17, 15) is 8.78 Å². The second-order valence-electron chi connectivity index (χ2n) is 5.78. The highest BCUT2D eigenvalue weighted by molar-refractivity contribution is 6.12. The van der Waals surface area contributed by atoms with Gasteiger partial charge in [-0.05, 0) is 61.4 Å². The van der Waals surface area contributed by atoms with Gasteiger partial charge in [-0.2, -0.15) is 0 Å². The Morgan fingerprint density at radius 2 is 1.18 bits per heavy atom. The summed E-state index contributed by atoms with van der Waals surface area (Å²) in [6, 6.07) is 13.0. The summed E-state index contributed by atoms with van der Waals surface area (Å²) < 4.78 is 26.3. The van der Waals surface area contributed by atoms with Gasteiger partial charge in [-0.1, -0.05) is 19.3 Å². The van der Waals surface area contributed by atoms with Crippen molar-refractivity contribution in [3.05, 3.63) is 71.3 Å². The molecule has 114 valence electrons. The number of nitrogens with zero attached hydrogens (tertiary/aromatic N) is 1. The maximum absolute atomic E-state index is 13.2. The monoisotopic (exact) mass is 299 g/mol. The molecule has 2 aromatic carbocycles. The number of aliphatic imine (C=N–C) groups is 1. The first kappa shape index (κ1) is 14.9. The van der Waals surface area contributed by atoms with Crippen molar-refractivity contribution in [2.45, 2.75) is 38.1 Å². The van der Waals surface area contributed by atoms with Crippen LogP contribution in [0.4, 0.5) is 8.78 Å². The van der Waals surface area contributed by atoms with Crippen molar-refractivity contribution < 1.29 is 8.78 Å². The van der Waals surface area contributed by atoms with Crippen molar-refractivity contribution in [3.8, 4) is 0 Å². The number of hydrogen-bond acceptors (Lipinski definition) is 1. The highest BCUT2D eigenvalue weighted by Crippen LogP contribution is 2.23. The molecule has 1 nitrogen and oxygen atoms in total. The van der Waals surface area contributed by atoms with Gasteiger partial charge in [0.15, 0.2) is 0 Å². The van der Waals surface area contributed by atoms with Gasteiger partial charge in [0.2, 0.25) is 0 Å². The Balaban J connectivity index is 1.99. The van der Waals surface area contributed by atoms with Gasteiger partial charge < -0.3 is 0 Å². The maximum atomic E-state index is 13.2. The largest absolute Gasteiger partial charge is 0.281 e. The Morgan fingerprint density at radius 1 is 0.727 bits per heavy atom. The topological polar surface area (TPSA) is 12.4 Å². The number of halogens is 2. The summed E-state index contributed by atoms with van der Waals surface area (Å²) >= 11 is 0.